The van der Waals surface area contributed by atoms with Gasteiger partial charge in [0.05, 0.1) is 9.88 Å². The number of halogens is 3. The first-order chi connectivity index (χ1) is 10.0. The summed E-state index contributed by atoms with van der Waals surface area (Å²) >= 11 is 1.16. The number of hydrogen-bond acceptors (Lipinski definition) is 3. The summed E-state index contributed by atoms with van der Waals surface area (Å²) in [5.41, 5.74) is 0.244. The summed E-state index contributed by atoms with van der Waals surface area (Å²) in [6, 6.07) is 9.82. The van der Waals surface area contributed by atoms with Crippen LogP contribution in [0, 0.1) is 0 Å². The Kier molecular flexibility index (Phi) is 3.99. The summed E-state index contributed by atoms with van der Waals surface area (Å²) in [5.74, 6) is 0. The minimum atomic E-state index is -4.38. The van der Waals surface area contributed by atoms with Crippen molar-refractivity contribution in [2.45, 2.75) is 38.0 Å². The summed E-state index contributed by atoms with van der Waals surface area (Å²) in [6.45, 7) is 0.256. The number of rotatable bonds is 5. The van der Waals surface area contributed by atoms with Crippen molar-refractivity contribution in [1.29, 1.82) is 0 Å². The maximum atomic E-state index is 13.1. The Labute approximate surface area is 125 Å². The topological polar surface area (TPSA) is 24.9 Å². The van der Waals surface area contributed by atoms with Crippen molar-refractivity contribution in [3.05, 3.63) is 51.5 Å². The zero-order chi connectivity index (χ0) is 14.9. The Morgan fingerprint density at radius 2 is 1.90 bits per heavy atom. The Balaban J connectivity index is 1.80. The molecule has 1 aliphatic rings. The Bertz CT molecular complexity index is 603. The van der Waals surface area contributed by atoms with Gasteiger partial charge in [-0.2, -0.15) is 13.2 Å². The number of aromatic nitrogens is 1. The van der Waals surface area contributed by atoms with Crippen LogP contribution in [0.2, 0.25) is 0 Å². The maximum absolute atomic E-state index is 13.1. The van der Waals surface area contributed by atoms with Crippen molar-refractivity contribution in [3.8, 4) is 0 Å². The van der Waals surface area contributed by atoms with Gasteiger partial charge in [0.25, 0.3) is 0 Å². The third-order valence-electron chi connectivity index (χ3n) is 3.34. The van der Waals surface area contributed by atoms with Gasteiger partial charge in [-0.25, -0.2) is 4.98 Å². The second-order valence-electron chi connectivity index (χ2n) is 5.19. The molecule has 0 saturated heterocycles. The normalized spacial score (nSPS) is 15.4. The molecule has 1 N–H and O–H groups in total. The molecule has 0 unspecified atom stereocenters. The third kappa shape index (κ3) is 3.83. The highest BCUT2D eigenvalue weighted by atomic mass is 32.1. The molecular formula is C15H15F3N2S. The van der Waals surface area contributed by atoms with Crippen molar-refractivity contribution in [1.82, 2.24) is 10.3 Å². The predicted molar refractivity (Wildman–Crippen MR) is 76.2 cm³/mol. The molecule has 0 atom stereocenters. The van der Waals surface area contributed by atoms with Gasteiger partial charge in [0.2, 0.25) is 0 Å². The first kappa shape index (κ1) is 14.5. The van der Waals surface area contributed by atoms with Crippen molar-refractivity contribution < 1.29 is 13.2 Å². The molecule has 1 saturated carbocycles. The van der Waals surface area contributed by atoms with Crippen LogP contribution in [-0.4, -0.2) is 11.0 Å². The van der Waals surface area contributed by atoms with Crippen molar-refractivity contribution >= 4 is 11.3 Å². The van der Waals surface area contributed by atoms with E-state index in [-0.39, 0.29) is 6.54 Å². The lowest BCUT2D eigenvalue weighted by Crippen LogP contribution is -2.18. The molecule has 0 aliphatic heterocycles. The minimum absolute atomic E-state index is 0.256. The first-order valence-corrected chi connectivity index (χ1v) is 7.67. The first-order valence-electron chi connectivity index (χ1n) is 6.85. The van der Waals surface area contributed by atoms with Crippen LogP contribution in [0.3, 0.4) is 0 Å². The Morgan fingerprint density at radius 3 is 2.52 bits per heavy atom. The molecule has 0 spiro atoms. The van der Waals surface area contributed by atoms with Gasteiger partial charge in [0.15, 0.2) is 5.69 Å². The number of benzene rings is 1. The number of nitrogens with one attached hydrogen (secondary N) is 1. The molecule has 112 valence electrons. The van der Waals surface area contributed by atoms with E-state index in [1.54, 1.807) is 0 Å². The molecule has 21 heavy (non-hydrogen) atoms. The fourth-order valence-corrected chi connectivity index (χ4v) is 3.19. The van der Waals surface area contributed by atoms with Crippen LogP contribution in [0.15, 0.2) is 30.3 Å². The van der Waals surface area contributed by atoms with Crippen molar-refractivity contribution in [2.24, 2.45) is 0 Å². The van der Waals surface area contributed by atoms with Gasteiger partial charge in [-0.1, -0.05) is 30.3 Å². The molecule has 0 bridgehead atoms. The summed E-state index contributed by atoms with van der Waals surface area (Å²) in [4.78, 5) is 4.12. The monoisotopic (exact) mass is 312 g/mol. The lowest BCUT2D eigenvalue weighted by molar-refractivity contribution is -0.141. The molecule has 1 aromatic carbocycles. The second-order valence-corrected chi connectivity index (χ2v) is 6.36. The van der Waals surface area contributed by atoms with E-state index in [1.807, 2.05) is 30.3 Å². The lowest BCUT2D eigenvalue weighted by atomic mass is 10.2. The van der Waals surface area contributed by atoms with E-state index in [1.165, 1.54) is 0 Å². The lowest BCUT2D eigenvalue weighted by Gasteiger charge is -2.06. The van der Waals surface area contributed by atoms with Crippen molar-refractivity contribution in [2.75, 3.05) is 0 Å². The molecule has 2 aromatic rings. The van der Waals surface area contributed by atoms with Crippen LogP contribution in [-0.2, 0) is 19.1 Å². The quantitative estimate of drug-likeness (QED) is 0.902. The van der Waals surface area contributed by atoms with E-state index in [2.05, 4.69) is 10.3 Å². The molecular weight excluding hydrogens is 297 g/mol. The molecule has 2 nitrogen and oxygen atoms in total. The van der Waals surface area contributed by atoms with Gasteiger partial charge in [0.1, 0.15) is 0 Å². The van der Waals surface area contributed by atoms with E-state index in [0.717, 1.165) is 29.7 Å². The number of nitrogens with zero attached hydrogens (tertiary/aromatic N) is 1. The van der Waals surface area contributed by atoms with E-state index >= 15 is 0 Å². The van der Waals surface area contributed by atoms with Gasteiger partial charge in [-0.05, 0) is 18.4 Å². The molecule has 1 aliphatic carbocycles. The Hall–Kier alpha value is -1.40. The maximum Gasteiger partial charge on any atom is 0.434 e. The standard InChI is InChI=1S/C15H15F3N2S/c16-15(17,18)14-12(9-19-11-6-7-11)21-13(20-14)8-10-4-2-1-3-5-10/h1-5,11,19H,6-9H2. The second kappa shape index (κ2) is 5.77. The highest BCUT2D eigenvalue weighted by molar-refractivity contribution is 7.11. The average molecular weight is 312 g/mol. The largest absolute Gasteiger partial charge is 0.434 e. The van der Waals surface area contributed by atoms with E-state index in [4.69, 9.17) is 0 Å². The van der Waals surface area contributed by atoms with Crippen LogP contribution in [0.5, 0.6) is 0 Å². The summed E-state index contributed by atoms with van der Waals surface area (Å²) < 4.78 is 39.2. The van der Waals surface area contributed by atoms with Crippen LogP contribution in [0.4, 0.5) is 13.2 Å². The summed E-state index contributed by atoms with van der Waals surface area (Å²) in [5, 5.41) is 3.65. The number of alkyl halides is 3. The number of thiazole rings is 1. The highest BCUT2D eigenvalue weighted by Crippen LogP contribution is 2.35. The zero-order valence-electron chi connectivity index (χ0n) is 11.3. The molecule has 0 radical (unpaired) electrons. The molecule has 1 fully saturated rings. The predicted octanol–water partition coefficient (Wildman–Crippen LogP) is 4.00. The van der Waals surface area contributed by atoms with Gasteiger partial charge in [0, 0.05) is 19.0 Å². The smallest absolute Gasteiger partial charge is 0.309 e. The van der Waals surface area contributed by atoms with Gasteiger partial charge >= 0.3 is 6.18 Å². The zero-order valence-corrected chi connectivity index (χ0v) is 12.1. The molecule has 0 amide bonds. The SMILES string of the molecule is FC(F)(F)c1nc(Cc2ccccc2)sc1CNC1CC1. The third-order valence-corrected chi connectivity index (χ3v) is 4.39. The van der Waals surface area contributed by atoms with Crippen LogP contribution in [0.25, 0.3) is 0 Å². The van der Waals surface area contributed by atoms with E-state index < -0.39 is 11.9 Å². The van der Waals surface area contributed by atoms with Gasteiger partial charge in [-0.3, -0.25) is 0 Å². The van der Waals surface area contributed by atoms with Crippen molar-refractivity contribution in [3.63, 3.8) is 0 Å². The summed E-state index contributed by atoms with van der Waals surface area (Å²) in [6.07, 6.45) is -1.84. The average Bonchev–Trinajstić information content (AvgIpc) is 3.17. The number of hydrogen-bond donors (Lipinski definition) is 1. The van der Waals surface area contributed by atoms with Gasteiger partial charge in [-0.15, -0.1) is 11.3 Å². The molecule has 1 aromatic heterocycles. The summed E-state index contributed by atoms with van der Waals surface area (Å²) in [7, 11) is 0. The van der Waals surface area contributed by atoms with Crippen LogP contribution in [0.1, 0.15) is 34.0 Å². The van der Waals surface area contributed by atoms with E-state index in [9.17, 15) is 13.2 Å². The van der Waals surface area contributed by atoms with Crippen LogP contribution >= 0.6 is 11.3 Å². The fraction of sp³-hybridized carbons (Fsp3) is 0.400. The molecule has 3 rings (SSSR count). The molecule has 6 heteroatoms. The van der Waals surface area contributed by atoms with Crippen LogP contribution < -0.4 is 5.32 Å². The fourth-order valence-electron chi connectivity index (χ4n) is 2.11. The molecule has 1 heterocycles. The highest BCUT2D eigenvalue weighted by Gasteiger charge is 2.37. The Morgan fingerprint density at radius 1 is 1.19 bits per heavy atom. The van der Waals surface area contributed by atoms with Gasteiger partial charge < -0.3 is 5.32 Å². The minimum Gasteiger partial charge on any atom is -0.309 e. The van der Waals surface area contributed by atoms with E-state index in [0.29, 0.717) is 22.3 Å².